The molecule has 0 bridgehead atoms. The molecule has 1 aromatic heterocycles. The fourth-order valence-corrected chi connectivity index (χ4v) is 3.77. The number of carbonyl (C=O) groups is 1. The van der Waals surface area contributed by atoms with Crippen molar-refractivity contribution in [1.29, 1.82) is 0 Å². The molecule has 0 N–H and O–H groups in total. The van der Waals surface area contributed by atoms with E-state index in [2.05, 4.69) is 18.2 Å². The number of fused-ring (bicyclic) bond motifs is 1. The maximum Gasteiger partial charge on any atom is 0.255 e. The number of halogens is 1. The summed E-state index contributed by atoms with van der Waals surface area (Å²) in [4.78, 5) is 27.0. The highest BCUT2D eigenvalue weighted by Crippen LogP contribution is 2.20. The molecule has 1 heterocycles. The van der Waals surface area contributed by atoms with Gasteiger partial charge in [-0.05, 0) is 34.0 Å². The Morgan fingerprint density at radius 3 is 2.43 bits per heavy atom. The Morgan fingerprint density at radius 2 is 1.60 bits per heavy atom. The molecule has 4 aromatic rings. The lowest BCUT2D eigenvalue weighted by Crippen LogP contribution is -2.28. The van der Waals surface area contributed by atoms with Gasteiger partial charge in [0.25, 0.3) is 11.5 Å². The van der Waals surface area contributed by atoms with Gasteiger partial charge in [0.2, 0.25) is 0 Å². The summed E-state index contributed by atoms with van der Waals surface area (Å²) in [5.41, 5.74) is 2.19. The van der Waals surface area contributed by atoms with Crippen LogP contribution in [0.3, 0.4) is 0 Å². The molecule has 0 fully saturated rings. The van der Waals surface area contributed by atoms with Crippen LogP contribution in [-0.4, -0.2) is 22.4 Å². The monoisotopic (exact) mass is 416 g/mol. The third-order valence-corrected chi connectivity index (χ3v) is 5.53. The second-order valence-electron chi connectivity index (χ2n) is 7.27. The van der Waals surface area contributed by atoms with E-state index in [-0.39, 0.29) is 11.5 Å². The van der Waals surface area contributed by atoms with Gasteiger partial charge < -0.3 is 9.47 Å². The average Bonchev–Trinajstić information content (AvgIpc) is 2.76. The lowest BCUT2D eigenvalue weighted by atomic mass is 10.0. The summed E-state index contributed by atoms with van der Waals surface area (Å²) in [6, 6.07) is 24.6. The quantitative estimate of drug-likeness (QED) is 0.460. The van der Waals surface area contributed by atoms with Gasteiger partial charge >= 0.3 is 0 Å². The Bertz CT molecular complexity index is 1270. The van der Waals surface area contributed by atoms with E-state index in [0.717, 1.165) is 21.9 Å². The van der Waals surface area contributed by atoms with Crippen LogP contribution >= 0.6 is 11.6 Å². The predicted molar refractivity (Wildman–Crippen MR) is 121 cm³/mol. The molecule has 5 heteroatoms. The zero-order valence-electron chi connectivity index (χ0n) is 16.6. The first-order chi connectivity index (χ1) is 14.5. The molecule has 4 nitrogen and oxygen atoms in total. The van der Waals surface area contributed by atoms with Crippen LogP contribution in [0.4, 0.5) is 0 Å². The summed E-state index contributed by atoms with van der Waals surface area (Å²) in [5, 5.41) is 2.86. The minimum Gasteiger partial charge on any atom is -0.337 e. The van der Waals surface area contributed by atoms with Crippen LogP contribution in [-0.2, 0) is 13.1 Å². The van der Waals surface area contributed by atoms with Crippen molar-refractivity contribution in [2.75, 3.05) is 7.05 Å². The van der Waals surface area contributed by atoms with Gasteiger partial charge in [0.1, 0.15) is 0 Å². The normalized spacial score (nSPS) is 10.9. The van der Waals surface area contributed by atoms with Crippen LogP contribution < -0.4 is 5.56 Å². The Hall–Kier alpha value is -3.37. The Balaban J connectivity index is 1.58. The Morgan fingerprint density at radius 1 is 0.900 bits per heavy atom. The number of carbonyl (C=O) groups excluding carboxylic acids is 1. The van der Waals surface area contributed by atoms with Crippen LogP contribution in [0.1, 0.15) is 21.5 Å². The molecular weight excluding hydrogens is 396 g/mol. The van der Waals surface area contributed by atoms with Crippen molar-refractivity contribution in [3.63, 3.8) is 0 Å². The second kappa shape index (κ2) is 8.56. The number of benzene rings is 3. The zero-order chi connectivity index (χ0) is 21.1. The number of nitrogens with zero attached hydrogens (tertiary/aromatic N) is 2. The van der Waals surface area contributed by atoms with E-state index in [1.165, 1.54) is 10.6 Å². The number of rotatable bonds is 5. The van der Waals surface area contributed by atoms with E-state index >= 15 is 0 Å². The first-order valence-electron chi connectivity index (χ1n) is 9.69. The largest absolute Gasteiger partial charge is 0.337 e. The first-order valence-corrected chi connectivity index (χ1v) is 10.1. The summed E-state index contributed by atoms with van der Waals surface area (Å²) in [6.45, 7) is 0.788. The summed E-state index contributed by atoms with van der Waals surface area (Å²) < 4.78 is 1.51. The molecule has 0 saturated carbocycles. The van der Waals surface area contributed by atoms with Crippen molar-refractivity contribution in [2.45, 2.75) is 13.1 Å². The topological polar surface area (TPSA) is 42.3 Å². The van der Waals surface area contributed by atoms with Gasteiger partial charge in [-0.2, -0.15) is 0 Å². The minimum atomic E-state index is -0.178. The highest BCUT2D eigenvalue weighted by Gasteiger charge is 2.15. The van der Waals surface area contributed by atoms with Crippen LogP contribution in [0.15, 0.2) is 89.9 Å². The molecule has 150 valence electrons. The lowest BCUT2D eigenvalue weighted by Gasteiger charge is -2.19. The maximum absolute atomic E-state index is 13.1. The number of hydrogen-bond acceptors (Lipinski definition) is 2. The van der Waals surface area contributed by atoms with Gasteiger partial charge in [-0.1, -0.05) is 72.3 Å². The molecule has 1 amide bonds. The van der Waals surface area contributed by atoms with Crippen molar-refractivity contribution in [3.8, 4) is 0 Å². The Kier molecular flexibility index (Phi) is 5.68. The van der Waals surface area contributed by atoms with E-state index < -0.39 is 0 Å². The van der Waals surface area contributed by atoms with Gasteiger partial charge in [0, 0.05) is 30.9 Å². The Labute approximate surface area is 180 Å². The number of amides is 1. The second-order valence-corrected chi connectivity index (χ2v) is 7.68. The van der Waals surface area contributed by atoms with Crippen molar-refractivity contribution < 1.29 is 4.79 Å². The smallest absolute Gasteiger partial charge is 0.255 e. The van der Waals surface area contributed by atoms with E-state index in [4.69, 9.17) is 11.6 Å². The number of aromatic nitrogens is 1. The third-order valence-electron chi connectivity index (χ3n) is 5.16. The summed E-state index contributed by atoms with van der Waals surface area (Å²) in [6.07, 6.45) is 1.60. The van der Waals surface area contributed by atoms with E-state index in [0.29, 0.717) is 23.7 Å². The number of pyridine rings is 1. The van der Waals surface area contributed by atoms with Crippen LogP contribution in [0.25, 0.3) is 10.8 Å². The van der Waals surface area contributed by atoms with E-state index in [1.54, 1.807) is 30.3 Å². The van der Waals surface area contributed by atoms with Gasteiger partial charge in [0.05, 0.1) is 12.1 Å². The SMILES string of the molecule is CN(Cc1cccc2ccccc12)C(=O)c1ccc(=O)n(Cc2ccccc2Cl)c1. The number of hydrogen-bond donors (Lipinski definition) is 0. The summed E-state index contributed by atoms with van der Waals surface area (Å²) in [7, 11) is 1.77. The van der Waals surface area contributed by atoms with Crippen LogP contribution in [0, 0.1) is 0 Å². The molecule has 0 aliphatic heterocycles. The molecular formula is C25H21ClN2O2. The minimum absolute atomic E-state index is 0.143. The van der Waals surface area contributed by atoms with Gasteiger partial charge in [-0.15, -0.1) is 0 Å². The molecule has 0 aliphatic rings. The van der Waals surface area contributed by atoms with Crippen LogP contribution in [0.5, 0.6) is 0 Å². The average molecular weight is 417 g/mol. The molecule has 30 heavy (non-hydrogen) atoms. The molecule has 0 saturated heterocycles. The molecule has 0 atom stereocenters. The van der Waals surface area contributed by atoms with Gasteiger partial charge in [-0.25, -0.2) is 0 Å². The van der Waals surface area contributed by atoms with Crippen molar-refractivity contribution in [3.05, 3.63) is 117 Å². The summed E-state index contributed by atoms with van der Waals surface area (Å²) in [5.74, 6) is -0.143. The third kappa shape index (κ3) is 4.14. The summed E-state index contributed by atoms with van der Waals surface area (Å²) >= 11 is 6.23. The zero-order valence-corrected chi connectivity index (χ0v) is 17.3. The van der Waals surface area contributed by atoms with Crippen molar-refractivity contribution in [2.24, 2.45) is 0 Å². The highest BCUT2D eigenvalue weighted by atomic mass is 35.5. The van der Waals surface area contributed by atoms with Crippen LogP contribution in [0.2, 0.25) is 5.02 Å². The fourth-order valence-electron chi connectivity index (χ4n) is 3.57. The van der Waals surface area contributed by atoms with Crippen molar-refractivity contribution >= 4 is 28.3 Å². The van der Waals surface area contributed by atoms with Gasteiger partial charge in [-0.3, -0.25) is 9.59 Å². The maximum atomic E-state index is 13.1. The van der Waals surface area contributed by atoms with E-state index in [9.17, 15) is 9.59 Å². The first kappa shape index (κ1) is 19.9. The molecule has 0 aliphatic carbocycles. The van der Waals surface area contributed by atoms with E-state index in [1.807, 2.05) is 42.5 Å². The van der Waals surface area contributed by atoms with Gasteiger partial charge in [0.15, 0.2) is 0 Å². The predicted octanol–water partition coefficient (Wildman–Crippen LogP) is 4.98. The molecule has 0 unspecified atom stereocenters. The molecule has 4 rings (SSSR count). The standard InChI is InChI=1S/C25H21ClN2O2/c1-27(15-19-10-6-9-18-7-2-4-11-22(18)19)25(30)21-13-14-24(29)28(17-21)16-20-8-3-5-12-23(20)26/h2-14,17H,15-16H2,1H3. The molecule has 3 aromatic carbocycles. The molecule has 0 spiro atoms. The molecule has 0 radical (unpaired) electrons. The fraction of sp³-hybridized carbons (Fsp3) is 0.120. The van der Waals surface area contributed by atoms with Crippen molar-refractivity contribution in [1.82, 2.24) is 9.47 Å². The highest BCUT2D eigenvalue weighted by molar-refractivity contribution is 6.31. The lowest BCUT2D eigenvalue weighted by molar-refractivity contribution is 0.0784.